The van der Waals surface area contributed by atoms with E-state index in [2.05, 4.69) is 118 Å². The van der Waals surface area contributed by atoms with E-state index < -0.39 is 0 Å². The number of nitrogen functional groups attached to an aromatic ring is 2. The number of unbranched alkanes of at least 4 members (excludes halogenated alkanes) is 20. The van der Waals surface area contributed by atoms with Gasteiger partial charge in [0.05, 0.1) is 0 Å². The summed E-state index contributed by atoms with van der Waals surface area (Å²) >= 11 is 0. The molecule has 2 nitrogen and oxygen atoms in total. The minimum atomic E-state index is 0.397. The average Bonchev–Trinajstić information content (AvgIpc) is 3.36. The molecular formula is C65H100N2. The van der Waals surface area contributed by atoms with Gasteiger partial charge in [-0.1, -0.05) is 280 Å². The molecule has 2 heteroatoms. The van der Waals surface area contributed by atoms with Crippen LogP contribution in [0, 0.1) is 11.8 Å². The first-order valence-electron chi connectivity index (χ1n) is 28.9. The molecule has 1 fully saturated rings. The van der Waals surface area contributed by atoms with Crippen LogP contribution in [0.1, 0.15) is 284 Å². The molecule has 3 atom stereocenters. The van der Waals surface area contributed by atoms with E-state index in [4.69, 9.17) is 11.5 Å². The monoisotopic (exact) mass is 909 g/mol. The van der Waals surface area contributed by atoms with Crippen molar-refractivity contribution in [1.29, 1.82) is 0 Å². The lowest BCUT2D eigenvalue weighted by Crippen LogP contribution is -2.19. The van der Waals surface area contributed by atoms with Gasteiger partial charge in [-0.25, -0.2) is 0 Å². The average molecular weight is 910 g/mol. The zero-order chi connectivity index (χ0) is 47.2. The van der Waals surface area contributed by atoms with Crippen molar-refractivity contribution in [3.8, 4) is 0 Å². The van der Waals surface area contributed by atoms with E-state index in [1.165, 1.54) is 245 Å². The van der Waals surface area contributed by atoms with E-state index in [9.17, 15) is 0 Å². The lowest BCUT2D eigenvalue weighted by Gasteiger charge is -2.32. The quantitative estimate of drug-likeness (QED) is 0.0353. The Morgan fingerprint density at radius 3 is 0.910 bits per heavy atom. The maximum atomic E-state index is 6.22. The molecule has 67 heavy (non-hydrogen) atoms. The Kier molecular flexibility index (Phi) is 26.9. The predicted molar refractivity (Wildman–Crippen MR) is 296 cm³/mol. The van der Waals surface area contributed by atoms with Crippen LogP contribution in [0.4, 0.5) is 11.4 Å². The van der Waals surface area contributed by atoms with Crippen LogP contribution in [-0.2, 0) is 0 Å². The molecular weight excluding hydrogens is 809 g/mol. The van der Waals surface area contributed by atoms with Crippen molar-refractivity contribution in [3.63, 3.8) is 0 Å². The zero-order valence-electron chi connectivity index (χ0n) is 43.6. The van der Waals surface area contributed by atoms with Gasteiger partial charge in [0, 0.05) is 29.1 Å². The number of hydrogen-bond acceptors (Lipinski definition) is 2. The molecule has 4 aromatic rings. The third kappa shape index (κ3) is 20.2. The number of anilines is 2. The lowest BCUT2D eigenvalue weighted by molar-refractivity contribution is 0.214. The van der Waals surface area contributed by atoms with Gasteiger partial charge in [-0.3, -0.25) is 0 Å². The Morgan fingerprint density at radius 2 is 0.582 bits per heavy atom. The molecule has 3 unspecified atom stereocenters. The number of rotatable bonds is 36. The lowest BCUT2D eigenvalue weighted by atomic mass is 9.73. The van der Waals surface area contributed by atoms with Gasteiger partial charge < -0.3 is 11.5 Å². The summed E-state index contributed by atoms with van der Waals surface area (Å²) in [5.74, 6) is 2.95. The molecule has 0 spiro atoms. The molecule has 0 heterocycles. The van der Waals surface area contributed by atoms with E-state index >= 15 is 0 Å². The van der Waals surface area contributed by atoms with Gasteiger partial charge >= 0.3 is 0 Å². The van der Waals surface area contributed by atoms with Crippen molar-refractivity contribution in [3.05, 3.63) is 130 Å². The summed E-state index contributed by atoms with van der Waals surface area (Å²) in [6.45, 7) is 6.96. The zero-order valence-corrected chi connectivity index (χ0v) is 43.6. The largest absolute Gasteiger partial charge is 0.399 e. The Bertz CT molecular complexity index is 1670. The standard InChI is InChI=1S/C65H100N2/c1-4-7-10-13-15-17-19-22-28-33-63(59-43-48-61(66)49-44-59)55-35-39-57(40-36-55)65(52-47-54(32-25-21-12-9-6-3)53-30-26-24-27-31-53)58-41-37-56(38-42-58)64(60-45-50-62(67)51-46-60)34-29-23-20-18-16-14-11-8-5-2/h35-46,48-51,53-54,63-65H,4-34,47,52,66-67H2,1-3H3. The molecule has 0 aliphatic heterocycles. The highest BCUT2D eigenvalue weighted by Gasteiger charge is 2.26. The summed E-state index contributed by atoms with van der Waals surface area (Å²) in [6.07, 6.45) is 45.1. The predicted octanol–water partition coefficient (Wildman–Crippen LogP) is 20.4. The van der Waals surface area contributed by atoms with Gasteiger partial charge in [0.2, 0.25) is 0 Å². The fourth-order valence-electron chi connectivity index (χ4n) is 11.9. The van der Waals surface area contributed by atoms with E-state index in [-0.39, 0.29) is 0 Å². The maximum Gasteiger partial charge on any atom is 0.0314 e. The van der Waals surface area contributed by atoms with Crippen LogP contribution in [0.25, 0.3) is 0 Å². The highest BCUT2D eigenvalue weighted by atomic mass is 14.5. The van der Waals surface area contributed by atoms with Crippen molar-refractivity contribution < 1.29 is 0 Å². The highest BCUT2D eigenvalue weighted by Crippen LogP contribution is 2.41. The van der Waals surface area contributed by atoms with E-state index in [0.717, 1.165) is 23.2 Å². The van der Waals surface area contributed by atoms with Gasteiger partial charge in [0.25, 0.3) is 0 Å². The Balaban J connectivity index is 1.36. The van der Waals surface area contributed by atoms with E-state index in [0.29, 0.717) is 17.8 Å². The smallest absolute Gasteiger partial charge is 0.0314 e. The molecule has 1 aliphatic carbocycles. The van der Waals surface area contributed by atoms with Crippen LogP contribution in [0.15, 0.2) is 97.1 Å². The summed E-state index contributed by atoms with van der Waals surface area (Å²) in [5.41, 5.74) is 22.9. The fourth-order valence-corrected chi connectivity index (χ4v) is 11.9. The SMILES string of the molecule is CCCCCCCCCCCC(c1ccc(N)cc1)c1ccc(C(CCC(CCCCCCC)C2CCCCC2)c2ccc(C(CCCCCCCCCCC)c3ccc(N)cc3)cc2)cc1. The molecule has 0 radical (unpaired) electrons. The molecule has 0 aromatic heterocycles. The van der Waals surface area contributed by atoms with E-state index in [1.54, 1.807) is 0 Å². The molecule has 0 saturated heterocycles. The normalized spacial score (nSPS) is 15.1. The Labute approximate surface area is 413 Å². The van der Waals surface area contributed by atoms with Crippen molar-refractivity contribution in [2.45, 2.75) is 250 Å². The molecule has 1 saturated carbocycles. The fraction of sp³-hybridized carbons (Fsp3) is 0.631. The minimum absolute atomic E-state index is 0.397. The molecule has 4 N–H and O–H groups in total. The van der Waals surface area contributed by atoms with Crippen molar-refractivity contribution in [1.82, 2.24) is 0 Å². The summed E-state index contributed by atoms with van der Waals surface area (Å²) < 4.78 is 0. The van der Waals surface area contributed by atoms with Crippen LogP contribution < -0.4 is 11.5 Å². The topological polar surface area (TPSA) is 52.0 Å². The van der Waals surface area contributed by atoms with Crippen LogP contribution in [-0.4, -0.2) is 0 Å². The second-order valence-electron chi connectivity index (χ2n) is 21.5. The first-order valence-corrected chi connectivity index (χ1v) is 28.9. The molecule has 370 valence electrons. The Hall–Kier alpha value is -3.52. The highest BCUT2D eigenvalue weighted by molar-refractivity contribution is 5.46. The summed E-state index contributed by atoms with van der Waals surface area (Å²) in [6, 6.07) is 37.7. The molecule has 0 bridgehead atoms. The molecule has 5 rings (SSSR count). The van der Waals surface area contributed by atoms with Gasteiger partial charge in [0.15, 0.2) is 0 Å². The summed E-state index contributed by atoms with van der Waals surface area (Å²) in [7, 11) is 0. The van der Waals surface area contributed by atoms with Gasteiger partial charge in [-0.2, -0.15) is 0 Å². The summed E-state index contributed by atoms with van der Waals surface area (Å²) in [4.78, 5) is 0. The maximum absolute atomic E-state index is 6.22. The van der Waals surface area contributed by atoms with Gasteiger partial charge in [-0.05, 0) is 95.2 Å². The van der Waals surface area contributed by atoms with Crippen LogP contribution >= 0.6 is 0 Å². The molecule has 4 aromatic carbocycles. The first-order chi connectivity index (χ1) is 33.0. The minimum Gasteiger partial charge on any atom is -0.399 e. The third-order valence-electron chi connectivity index (χ3n) is 16.2. The Morgan fingerprint density at radius 1 is 0.313 bits per heavy atom. The van der Waals surface area contributed by atoms with Crippen LogP contribution in [0.5, 0.6) is 0 Å². The van der Waals surface area contributed by atoms with Crippen LogP contribution in [0.3, 0.4) is 0 Å². The van der Waals surface area contributed by atoms with Crippen LogP contribution in [0.2, 0.25) is 0 Å². The van der Waals surface area contributed by atoms with Crippen molar-refractivity contribution in [2.75, 3.05) is 11.5 Å². The number of hydrogen-bond donors (Lipinski definition) is 2. The van der Waals surface area contributed by atoms with Crippen molar-refractivity contribution in [2.24, 2.45) is 11.8 Å². The number of nitrogens with two attached hydrogens (primary N) is 2. The second-order valence-corrected chi connectivity index (χ2v) is 21.5. The van der Waals surface area contributed by atoms with Crippen molar-refractivity contribution >= 4 is 11.4 Å². The first kappa shape index (κ1) is 54.4. The number of benzene rings is 4. The second kappa shape index (κ2) is 33.1. The third-order valence-corrected chi connectivity index (χ3v) is 16.2. The van der Waals surface area contributed by atoms with Gasteiger partial charge in [0.1, 0.15) is 0 Å². The molecule has 1 aliphatic rings. The van der Waals surface area contributed by atoms with E-state index in [1.807, 2.05) is 0 Å². The van der Waals surface area contributed by atoms with Gasteiger partial charge in [-0.15, -0.1) is 0 Å². The summed E-state index contributed by atoms with van der Waals surface area (Å²) in [5, 5.41) is 0. The molecule has 0 amide bonds.